The lowest BCUT2D eigenvalue weighted by Crippen LogP contribution is -2.47. The number of nitrogens with zero attached hydrogens (tertiary/aromatic N) is 2. The normalized spacial score (nSPS) is 23.9. The first kappa shape index (κ1) is 14.2. The summed E-state index contributed by atoms with van der Waals surface area (Å²) in [5.41, 5.74) is 0. The number of hydrogen-bond donors (Lipinski definition) is 1. The molecule has 1 aliphatic carbocycles. The molecule has 2 aliphatic rings. The molecule has 0 aromatic rings. The summed E-state index contributed by atoms with van der Waals surface area (Å²) in [4.78, 5) is 0. The summed E-state index contributed by atoms with van der Waals surface area (Å²) in [6, 6.07) is 0. The number of rotatable bonds is 5. The van der Waals surface area contributed by atoms with Crippen LogP contribution >= 0.6 is 0 Å². The van der Waals surface area contributed by atoms with Crippen molar-refractivity contribution >= 4 is 10.2 Å². The zero-order valence-corrected chi connectivity index (χ0v) is 12.1. The van der Waals surface area contributed by atoms with Crippen LogP contribution in [0.3, 0.4) is 0 Å². The highest BCUT2D eigenvalue weighted by Crippen LogP contribution is 2.28. The van der Waals surface area contributed by atoms with E-state index in [1.807, 2.05) is 6.92 Å². The Balaban J connectivity index is 2.00. The lowest BCUT2D eigenvalue weighted by molar-refractivity contribution is 0.239. The van der Waals surface area contributed by atoms with Crippen LogP contribution in [-0.2, 0) is 10.2 Å². The van der Waals surface area contributed by atoms with E-state index in [0.717, 1.165) is 19.5 Å². The minimum absolute atomic E-state index is 0.586. The van der Waals surface area contributed by atoms with Crippen molar-refractivity contribution in [3.8, 4) is 0 Å². The highest BCUT2D eigenvalue weighted by Gasteiger charge is 2.31. The molecule has 0 aromatic heterocycles. The number of hydrogen-bond acceptors (Lipinski definition) is 3. The van der Waals surface area contributed by atoms with E-state index >= 15 is 0 Å². The second-order valence-electron chi connectivity index (χ2n) is 5.26. The van der Waals surface area contributed by atoms with Crippen LogP contribution in [-0.4, -0.2) is 56.3 Å². The van der Waals surface area contributed by atoms with E-state index < -0.39 is 10.2 Å². The molecule has 106 valence electrons. The van der Waals surface area contributed by atoms with Gasteiger partial charge >= 0.3 is 0 Å². The molecule has 0 amide bonds. The van der Waals surface area contributed by atoms with E-state index in [4.69, 9.17) is 0 Å². The van der Waals surface area contributed by atoms with Crippen LogP contribution in [0.4, 0.5) is 0 Å². The molecule has 2 fully saturated rings. The fourth-order valence-electron chi connectivity index (χ4n) is 2.56. The summed E-state index contributed by atoms with van der Waals surface area (Å²) in [5, 5.41) is 3.24. The molecule has 0 radical (unpaired) electrons. The van der Waals surface area contributed by atoms with Crippen LogP contribution in [0, 0.1) is 5.92 Å². The van der Waals surface area contributed by atoms with Crippen molar-refractivity contribution in [2.24, 2.45) is 5.92 Å². The maximum Gasteiger partial charge on any atom is 0.282 e. The maximum atomic E-state index is 12.6. The topological polar surface area (TPSA) is 52.7 Å². The van der Waals surface area contributed by atoms with Crippen molar-refractivity contribution in [1.29, 1.82) is 0 Å². The monoisotopic (exact) mass is 275 g/mol. The Labute approximate surface area is 111 Å². The third kappa shape index (κ3) is 3.23. The molecule has 1 saturated carbocycles. The Morgan fingerprint density at radius 2 is 2.00 bits per heavy atom. The van der Waals surface area contributed by atoms with Crippen LogP contribution in [0.15, 0.2) is 0 Å². The first-order valence-corrected chi connectivity index (χ1v) is 8.50. The summed E-state index contributed by atoms with van der Waals surface area (Å²) in [6.45, 7) is 6.17. The van der Waals surface area contributed by atoms with Crippen LogP contribution in [0.5, 0.6) is 0 Å². The lowest BCUT2D eigenvalue weighted by Gasteiger charge is -2.34. The highest BCUT2D eigenvalue weighted by molar-refractivity contribution is 7.86. The molecular weight excluding hydrogens is 250 g/mol. The Bertz CT molecular complexity index is 346. The van der Waals surface area contributed by atoms with Crippen molar-refractivity contribution in [2.45, 2.75) is 32.6 Å². The Kier molecular flexibility index (Phi) is 5.00. The van der Waals surface area contributed by atoms with Crippen molar-refractivity contribution in [1.82, 2.24) is 13.9 Å². The molecule has 5 nitrogen and oxygen atoms in total. The van der Waals surface area contributed by atoms with E-state index in [1.165, 1.54) is 19.3 Å². The summed E-state index contributed by atoms with van der Waals surface area (Å²) in [6.07, 6.45) is 4.54. The fourth-order valence-corrected chi connectivity index (χ4v) is 4.30. The molecule has 18 heavy (non-hydrogen) atoms. The van der Waals surface area contributed by atoms with Gasteiger partial charge in [0.05, 0.1) is 0 Å². The van der Waals surface area contributed by atoms with Crippen LogP contribution in [0.1, 0.15) is 32.6 Å². The Hall–Kier alpha value is -0.170. The standard InChI is InChI=1S/C12H25N3O2S/c1-2-14(11-12-5-3-6-12)18(16,17)15-9-4-7-13-8-10-15/h12-13H,2-11H2,1H3. The molecule has 0 unspecified atom stereocenters. The summed E-state index contributed by atoms with van der Waals surface area (Å²) in [7, 11) is -3.24. The van der Waals surface area contributed by atoms with E-state index in [2.05, 4.69) is 5.32 Å². The van der Waals surface area contributed by atoms with Gasteiger partial charge in [-0.2, -0.15) is 17.0 Å². The van der Waals surface area contributed by atoms with E-state index in [-0.39, 0.29) is 0 Å². The van der Waals surface area contributed by atoms with Crippen molar-refractivity contribution in [2.75, 3.05) is 39.3 Å². The second kappa shape index (κ2) is 6.32. The zero-order chi connectivity index (χ0) is 13.0. The molecule has 0 spiro atoms. The van der Waals surface area contributed by atoms with Gasteiger partial charge in [0, 0.05) is 32.7 Å². The first-order valence-electron chi connectivity index (χ1n) is 7.10. The average molecular weight is 275 g/mol. The minimum Gasteiger partial charge on any atom is -0.315 e. The first-order chi connectivity index (χ1) is 8.64. The van der Waals surface area contributed by atoms with Crippen LogP contribution in [0.25, 0.3) is 0 Å². The predicted molar refractivity (Wildman–Crippen MR) is 72.6 cm³/mol. The smallest absolute Gasteiger partial charge is 0.282 e. The molecule has 1 saturated heterocycles. The quantitative estimate of drug-likeness (QED) is 0.801. The number of nitrogens with one attached hydrogen (secondary N) is 1. The molecule has 0 aromatic carbocycles. The van der Waals surface area contributed by atoms with Crippen LogP contribution in [0.2, 0.25) is 0 Å². The largest absolute Gasteiger partial charge is 0.315 e. The average Bonchev–Trinajstić information content (AvgIpc) is 2.56. The van der Waals surface area contributed by atoms with E-state index in [1.54, 1.807) is 8.61 Å². The second-order valence-corrected chi connectivity index (χ2v) is 7.19. The van der Waals surface area contributed by atoms with Gasteiger partial charge in [0.25, 0.3) is 10.2 Å². The Morgan fingerprint density at radius 1 is 1.22 bits per heavy atom. The SMILES string of the molecule is CCN(CC1CCC1)S(=O)(=O)N1CCCNCC1. The molecule has 1 aliphatic heterocycles. The van der Waals surface area contributed by atoms with Crippen molar-refractivity contribution in [3.63, 3.8) is 0 Å². The van der Waals surface area contributed by atoms with Gasteiger partial charge in [0.1, 0.15) is 0 Å². The molecule has 6 heteroatoms. The van der Waals surface area contributed by atoms with Gasteiger partial charge in [0.15, 0.2) is 0 Å². The highest BCUT2D eigenvalue weighted by atomic mass is 32.2. The van der Waals surface area contributed by atoms with Crippen molar-refractivity contribution in [3.05, 3.63) is 0 Å². The Morgan fingerprint density at radius 3 is 2.61 bits per heavy atom. The molecule has 0 atom stereocenters. The van der Waals surface area contributed by atoms with Gasteiger partial charge in [-0.15, -0.1) is 0 Å². The molecule has 1 heterocycles. The van der Waals surface area contributed by atoms with Gasteiger partial charge in [-0.05, 0) is 31.7 Å². The molecule has 2 rings (SSSR count). The predicted octanol–water partition coefficient (Wildman–Crippen LogP) is 0.649. The van der Waals surface area contributed by atoms with E-state index in [0.29, 0.717) is 32.1 Å². The molecular formula is C12H25N3O2S. The van der Waals surface area contributed by atoms with Gasteiger partial charge in [0.2, 0.25) is 0 Å². The zero-order valence-electron chi connectivity index (χ0n) is 11.3. The summed E-state index contributed by atoms with van der Waals surface area (Å²) < 4.78 is 28.5. The molecule has 0 bridgehead atoms. The van der Waals surface area contributed by atoms with Gasteiger partial charge in [-0.25, -0.2) is 0 Å². The minimum atomic E-state index is -3.24. The summed E-state index contributed by atoms with van der Waals surface area (Å²) >= 11 is 0. The lowest BCUT2D eigenvalue weighted by atomic mass is 9.85. The van der Waals surface area contributed by atoms with Crippen molar-refractivity contribution < 1.29 is 8.42 Å². The molecule has 1 N–H and O–H groups in total. The van der Waals surface area contributed by atoms with Gasteiger partial charge < -0.3 is 5.32 Å². The van der Waals surface area contributed by atoms with Gasteiger partial charge in [-0.1, -0.05) is 13.3 Å². The van der Waals surface area contributed by atoms with Crippen LogP contribution < -0.4 is 5.32 Å². The third-order valence-electron chi connectivity index (χ3n) is 3.99. The van der Waals surface area contributed by atoms with Gasteiger partial charge in [-0.3, -0.25) is 0 Å². The van der Waals surface area contributed by atoms with E-state index in [9.17, 15) is 8.42 Å². The third-order valence-corrected chi connectivity index (χ3v) is 6.07. The summed E-state index contributed by atoms with van der Waals surface area (Å²) in [5.74, 6) is 0.588. The maximum absolute atomic E-state index is 12.6. The fraction of sp³-hybridized carbons (Fsp3) is 1.00.